The second kappa shape index (κ2) is 5.88. The Morgan fingerprint density at radius 3 is 3.00 bits per heavy atom. The van der Waals surface area contributed by atoms with E-state index in [2.05, 4.69) is 9.97 Å². The largest absolute Gasteiger partial charge is 0.463 e. The first-order chi connectivity index (χ1) is 8.25. The van der Waals surface area contributed by atoms with Crippen LogP contribution in [0, 0.1) is 5.92 Å². The molecule has 0 aliphatic carbocycles. The summed E-state index contributed by atoms with van der Waals surface area (Å²) in [5, 5.41) is 0. The van der Waals surface area contributed by atoms with Crippen LogP contribution in [0.2, 0.25) is 0 Å². The highest BCUT2D eigenvalue weighted by atomic mass is 32.1. The second-order valence-corrected chi connectivity index (χ2v) is 4.40. The van der Waals surface area contributed by atoms with E-state index in [1.165, 1.54) is 0 Å². The van der Waals surface area contributed by atoms with E-state index in [1.54, 1.807) is 12.3 Å². The average molecular weight is 253 g/mol. The molecule has 1 fully saturated rings. The quantitative estimate of drug-likeness (QED) is 0.804. The van der Waals surface area contributed by atoms with E-state index in [0.29, 0.717) is 24.2 Å². The van der Waals surface area contributed by atoms with Gasteiger partial charge in [-0.1, -0.05) is 12.2 Å². The molecule has 0 aromatic carbocycles. The van der Waals surface area contributed by atoms with E-state index in [0.717, 1.165) is 26.1 Å². The number of hydrogen-bond donors (Lipinski definition) is 1. The van der Waals surface area contributed by atoms with Crippen LogP contribution in [0.25, 0.3) is 0 Å². The van der Waals surface area contributed by atoms with Crippen LogP contribution in [0.4, 0.5) is 0 Å². The highest BCUT2D eigenvalue weighted by molar-refractivity contribution is 7.80. The zero-order valence-corrected chi connectivity index (χ0v) is 10.3. The first kappa shape index (κ1) is 12.2. The summed E-state index contributed by atoms with van der Waals surface area (Å²) in [4.78, 5) is 8.41. The van der Waals surface area contributed by atoms with Gasteiger partial charge in [0.2, 0.25) is 0 Å². The molecule has 1 aromatic rings. The highest BCUT2D eigenvalue weighted by Gasteiger charge is 2.15. The lowest BCUT2D eigenvalue weighted by atomic mass is 10.0. The van der Waals surface area contributed by atoms with Crippen LogP contribution in [0.15, 0.2) is 12.3 Å². The maximum Gasteiger partial charge on any atom is 0.316 e. The fourth-order valence-electron chi connectivity index (χ4n) is 1.65. The summed E-state index contributed by atoms with van der Waals surface area (Å²) in [5.74, 6) is 0.515. The Kier molecular flexibility index (Phi) is 4.22. The van der Waals surface area contributed by atoms with Crippen LogP contribution in [0.3, 0.4) is 0 Å². The van der Waals surface area contributed by atoms with Crippen molar-refractivity contribution in [1.82, 2.24) is 9.97 Å². The summed E-state index contributed by atoms with van der Waals surface area (Å²) in [6.07, 6.45) is 3.64. The molecule has 0 bridgehead atoms. The topological polar surface area (TPSA) is 70.3 Å². The molecule has 92 valence electrons. The van der Waals surface area contributed by atoms with Crippen LogP contribution < -0.4 is 10.5 Å². The molecule has 0 unspecified atom stereocenters. The number of nitrogens with zero attached hydrogens (tertiary/aromatic N) is 2. The molecule has 5 nitrogen and oxygen atoms in total. The molecule has 1 saturated heterocycles. The molecule has 17 heavy (non-hydrogen) atoms. The number of nitrogens with two attached hydrogens (primary N) is 1. The zero-order chi connectivity index (χ0) is 12.1. The maximum atomic E-state index is 5.54. The summed E-state index contributed by atoms with van der Waals surface area (Å²) >= 11 is 4.85. The van der Waals surface area contributed by atoms with Gasteiger partial charge in [0.1, 0.15) is 10.7 Å². The third-order valence-corrected chi connectivity index (χ3v) is 2.88. The van der Waals surface area contributed by atoms with Gasteiger partial charge in [-0.15, -0.1) is 0 Å². The van der Waals surface area contributed by atoms with Gasteiger partial charge >= 0.3 is 6.01 Å². The number of hydrogen-bond acceptors (Lipinski definition) is 5. The molecule has 0 spiro atoms. The number of ether oxygens (including phenoxy) is 2. The van der Waals surface area contributed by atoms with Crippen LogP contribution in [-0.2, 0) is 4.74 Å². The van der Waals surface area contributed by atoms with Gasteiger partial charge in [0, 0.05) is 19.4 Å². The predicted molar refractivity (Wildman–Crippen MR) is 67.0 cm³/mol. The first-order valence-electron chi connectivity index (χ1n) is 5.59. The number of aromatic nitrogens is 2. The summed E-state index contributed by atoms with van der Waals surface area (Å²) in [6.45, 7) is 2.23. The van der Waals surface area contributed by atoms with Crippen molar-refractivity contribution in [2.75, 3.05) is 19.8 Å². The lowest BCUT2D eigenvalue weighted by Gasteiger charge is -2.21. The van der Waals surface area contributed by atoms with Crippen LogP contribution in [0.5, 0.6) is 6.01 Å². The molecule has 1 aromatic heterocycles. The fraction of sp³-hybridized carbons (Fsp3) is 0.545. The van der Waals surface area contributed by atoms with Gasteiger partial charge in [-0.05, 0) is 24.8 Å². The van der Waals surface area contributed by atoms with Crippen molar-refractivity contribution in [1.29, 1.82) is 0 Å². The lowest BCUT2D eigenvalue weighted by molar-refractivity contribution is 0.0482. The van der Waals surface area contributed by atoms with E-state index < -0.39 is 0 Å². The monoisotopic (exact) mass is 253 g/mol. The average Bonchev–Trinajstić information content (AvgIpc) is 2.38. The van der Waals surface area contributed by atoms with E-state index >= 15 is 0 Å². The highest BCUT2D eigenvalue weighted by Crippen LogP contribution is 2.15. The molecule has 1 aliphatic rings. The third-order valence-electron chi connectivity index (χ3n) is 2.67. The van der Waals surface area contributed by atoms with E-state index in [1.807, 2.05) is 0 Å². The fourth-order valence-corrected chi connectivity index (χ4v) is 1.77. The van der Waals surface area contributed by atoms with Crippen molar-refractivity contribution in [3.8, 4) is 6.01 Å². The Bertz CT molecular complexity index is 394. The molecule has 2 N–H and O–H groups in total. The Balaban J connectivity index is 1.89. The summed E-state index contributed by atoms with van der Waals surface area (Å²) in [7, 11) is 0. The number of rotatable bonds is 4. The lowest BCUT2D eigenvalue weighted by Crippen LogP contribution is -2.22. The smallest absolute Gasteiger partial charge is 0.316 e. The molecule has 0 amide bonds. The van der Waals surface area contributed by atoms with Crippen molar-refractivity contribution < 1.29 is 9.47 Å². The zero-order valence-electron chi connectivity index (χ0n) is 9.46. The Hall–Kier alpha value is -1.27. The molecular weight excluding hydrogens is 238 g/mol. The van der Waals surface area contributed by atoms with Crippen molar-refractivity contribution in [2.45, 2.75) is 12.8 Å². The van der Waals surface area contributed by atoms with Gasteiger partial charge < -0.3 is 15.2 Å². The van der Waals surface area contributed by atoms with Crippen molar-refractivity contribution in [3.05, 3.63) is 18.0 Å². The molecule has 1 aliphatic heterocycles. The first-order valence-corrected chi connectivity index (χ1v) is 6.00. The van der Waals surface area contributed by atoms with Gasteiger partial charge in [0.05, 0.1) is 6.61 Å². The molecule has 0 saturated carbocycles. The third kappa shape index (κ3) is 3.61. The van der Waals surface area contributed by atoms with Gasteiger partial charge in [-0.3, -0.25) is 0 Å². The second-order valence-electron chi connectivity index (χ2n) is 3.96. The van der Waals surface area contributed by atoms with Crippen molar-refractivity contribution >= 4 is 17.2 Å². The summed E-state index contributed by atoms with van der Waals surface area (Å²) < 4.78 is 10.8. The minimum Gasteiger partial charge on any atom is -0.463 e. The van der Waals surface area contributed by atoms with Gasteiger partial charge in [-0.2, -0.15) is 4.98 Å². The normalized spacial score (nSPS) is 16.7. The predicted octanol–water partition coefficient (Wildman–Crippen LogP) is 0.916. The minimum absolute atomic E-state index is 0.253. The van der Waals surface area contributed by atoms with E-state index in [9.17, 15) is 0 Å². The molecular formula is C11H15N3O2S. The van der Waals surface area contributed by atoms with Crippen molar-refractivity contribution in [2.24, 2.45) is 11.7 Å². The van der Waals surface area contributed by atoms with Gasteiger partial charge in [-0.25, -0.2) is 4.98 Å². The van der Waals surface area contributed by atoms with Crippen LogP contribution in [-0.4, -0.2) is 34.8 Å². The van der Waals surface area contributed by atoms with Crippen molar-refractivity contribution in [3.63, 3.8) is 0 Å². The van der Waals surface area contributed by atoms with Gasteiger partial charge in [0.15, 0.2) is 0 Å². The van der Waals surface area contributed by atoms with Crippen LogP contribution in [0.1, 0.15) is 18.5 Å². The SMILES string of the molecule is NC(=S)c1ccnc(OCC2CCOCC2)n1. The Labute approximate surface area is 105 Å². The molecule has 0 radical (unpaired) electrons. The van der Waals surface area contributed by atoms with Crippen LogP contribution >= 0.6 is 12.2 Å². The van der Waals surface area contributed by atoms with Gasteiger partial charge in [0.25, 0.3) is 0 Å². The Morgan fingerprint density at radius 1 is 1.53 bits per heavy atom. The number of thiocarbonyl (C=S) groups is 1. The summed E-state index contributed by atoms with van der Waals surface area (Å²) in [5.41, 5.74) is 6.03. The minimum atomic E-state index is 0.253. The molecule has 0 atom stereocenters. The van der Waals surface area contributed by atoms with E-state index in [-0.39, 0.29) is 4.99 Å². The maximum absolute atomic E-state index is 5.54. The Morgan fingerprint density at radius 2 is 2.29 bits per heavy atom. The standard InChI is InChI=1S/C11H15N3O2S/c12-10(17)9-1-4-13-11(14-9)16-7-8-2-5-15-6-3-8/h1,4,8H,2-3,5-7H2,(H2,12,17). The molecule has 2 heterocycles. The van der Waals surface area contributed by atoms with E-state index in [4.69, 9.17) is 27.4 Å². The molecule has 2 rings (SSSR count). The summed E-state index contributed by atoms with van der Waals surface area (Å²) in [6, 6.07) is 2.01. The molecule has 6 heteroatoms.